The van der Waals surface area contributed by atoms with Crippen molar-refractivity contribution in [3.63, 3.8) is 0 Å². The fourth-order valence-electron chi connectivity index (χ4n) is 1.51. The summed E-state index contributed by atoms with van der Waals surface area (Å²) in [6.45, 7) is 5.20. The Kier molecular flexibility index (Phi) is 6.91. The van der Waals surface area contributed by atoms with Gasteiger partial charge in [0.25, 0.3) is 0 Å². The Morgan fingerprint density at radius 1 is 1.24 bits per heavy atom. The number of alkyl halides is 3. The van der Waals surface area contributed by atoms with Crippen LogP contribution in [-0.2, 0) is 10.9 Å². The molecule has 0 atom stereocenters. The van der Waals surface area contributed by atoms with Crippen LogP contribution in [0.2, 0.25) is 0 Å². The van der Waals surface area contributed by atoms with E-state index in [1.807, 2.05) is 13.8 Å². The van der Waals surface area contributed by atoms with Gasteiger partial charge in [0.1, 0.15) is 0 Å². The summed E-state index contributed by atoms with van der Waals surface area (Å²) in [5.41, 5.74) is -0.170. The zero-order chi connectivity index (χ0) is 15.9. The Balaban J connectivity index is 2.31. The van der Waals surface area contributed by atoms with E-state index >= 15 is 0 Å². The van der Waals surface area contributed by atoms with Crippen LogP contribution >= 0.6 is 12.2 Å². The molecule has 3 nitrogen and oxygen atoms in total. The minimum Gasteiger partial charge on any atom is -0.379 e. The van der Waals surface area contributed by atoms with E-state index in [4.69, 9.17) is 17.0 Å². The molecule has 0 aromatic heterocycles. The lowest BCUT2D eigenvalue weighted by molar-refractivity contribution is -0.137. The smallest absolute Gasteiger partial charge is 0.379 e. The van der Waals surface area contributed by atoms with E-state index in [2.05, 4.69) is 10.6 Å². The third kappa shape index (κ3) is 7.29. The highest BCUT2D eigenvalue weighted by Crippen LogP contribution is 2.29. The van der Waals surface area contributed by atoms with Crippen molar-refractivity contribution in [2.24, 2.45) is 0 Å². The van der Waals surface area contributed by atoms with Crippen molar-refractivity contribution in [1.82, 2.24) is 5.32 Å². The van der Waals surface area contributed by atoms with Crippen LogP contribution in [0, 0.1) is 0 Å². The second-order valence-corrected chi connectivity index (χ2v) is 5.14. The topological polar surface area (TPSA) is 33.3 Å². The summed E-state index contributed by atoms with van der Waals surface area (Å²) in [4.78, 5) is 0. The molecule has 1 aromatic rings. The lowest BCUT2D eigenvalue weighted by atomic mass is 10.2. The van der Waals surface area contributed by atoms with Gasteiger partial charge in [-0.05, 0) is 56.8 Å². The van der Waals surface area contributed by atoms with Crippen molar-refractivity contribution in [3.8, 4) is 0 Å². The highest BCUT2D eigenvalue weighted by molar-refractivity contribution is 7.80. The molecule has 0 saturated heterocycles. The van der Waals surface area contributed by atoms with Gasteiger partial charge in [-0.3, -0.25) is 0 Å². The number of thiocarbonyl (C=S) groups is 1. The van der Waals surface area contributed by atoms with Crippen molar-refractivity contribution >= 4 is 23.0 Å². The fourth-order valence-corrected chi connectivity index (χ4v) is 1.73. The Bertz CT molecular complexity index is 447. The van der Waals surface area contributed by atoms with Crippen molar-refractivity contribution in [1.29, 1.82) is 0 Å². The van der Waals surface area contributed by atoms with Crippen LogP contribution < -0.4 is 10.6 Å². The maximum absolute atomic E-state index is 12.4. The molecule has 0 unspecified atom stereocenters. The van der Waals surface area contributed by atoms with Gasteiger partial charge >= 0.3 is 6.18 Å². The molecular formula is C14H19F3N2OS. The number of anilines is 1. The molecule has 118 valence electrons. The first-order valence-electron chi connectivity index (χ1n) is 6.63. The van der Waals surface area contributed by atoms with Gasteiger partial charge in [-0.1, -0.05) is 0 Å². The molecule has 0 heterocycles. The minimum absolute atomic E-state index is 0.197. The van der Waals surface area contributed by atoms with E-state index in [-0.39, 0.29) is 6.10 Å². The number of halogens is 3. The zero-order valence-corrected chi connectivity index (χ0v) is 12.8. The van der Waals surface area contributed by atoms with Crippen LogP contribution in [0.4, 0.5) is 18.9 Å². The van der Waals surface area contributed by atoms with Crippen molar-refractivity contribution in [2.75, 3.05) is 18.5 Å². The van der Waals surface area contributed by atoms with E-state index in [0.717, 1.165) is 18.6 Å². The van der Waals surface area contributed by atoms with E-state index < -0.39 is 11.7 Å². The summed E-state index contributed by atoms with van der Waals surface area (Å²) in [5.74, 6) is 0. The Morgan fingerprint density at radius 2 is 1.86 bits per heavy atom. The van der Waals surface area contributed by atoms with Crippen LogP contribution in [0.5, 0.6) is 0 Å². The normalized spacial score (nSPS) is 11.5. The number of benzene rings is 1. The van der Waals surface area contributed by atoms with Gasteiger partial charge in [-0.25, -0.2) is 0 Å². The van der Waals surface area contributed by atoms with Gasteiger partial charge < -0.3 is 15.4 Å². The summed E-state index contributed by atoms with van der Waals surface area (Å²) in [7, 11) is 0. The second kappa shape index (κ2) is 8.19. The molecule has 1 aromatic carbocycles. The molecule has 0 radical (unpaired) electrons. The maximum Gasteiger partial charge on any atom is 0.416 e. The molecule has 21 heavy (non-hydrogen) atoms. The molecule has 0 amide bonds. The Labute approximate surface area is 127 Å². The molecule has 0 saturated carbocycles. The third-order valence-corrected chi connectivity index (χ3v) is 2.77. The maximum atomic E-state index is 12.4. The van der Waals surface area contributed by atoms with E-state index in [0.29, 0.717) is 24.0 Å². The van der Waals surface area contributed by atoms with Gasteiger partial charge in [-0.2, -0.15) is 13.2 Å². The third-order valence-electron chi connectivity index (χ3n) is 2.53. The van der Waals surface area contributed by atoms with Gasteiger partial charge in [0.15, 0.2) is 5.11 Å². The van der Waals surface area contributed by atoms with E-state index in [9.17, 15) is 13.2 Å². The zero-order valence-electron chi connectivity index (χ0n) is 12.0. The Morgan fingerprint density at radius 3 is 2.38 bits per heavy atom. The first kappa shape index (κ1) is 17.7. The summed E-state index contributed by atoms with van der Waals surface area (Å²) >= 11 is 5.06. The Hall–Kier alpha value is -1.34. The molecule has 0 fully saturated rings. The fraction of sp³-hybridized carbons (Fsp3) is 0.500. The monoisotopic (exact) mass is 320 g/mol. The average Bonchev–Trinajstić information content (AvgIpc) is 2.37. The summed E-state index contributed by atoms with van der Waals surface area (Å²) in [6.07, 6.45) is -3.33. The van der Waals surface area contributed by atoms with Gasteiger partial charge in [0, 0.05) is 18.8 Å². The molecule has 0 bridgehead atoms. The van der Waals surface area contributed by atoms with Crippen LogP contribution in [-0.4, -0.2) is 24.4 Å². The highest BCUT2D eigenvalue weighted by atomic mass is 32.1. The van der Waals surface area contributed by atoms with Gasteiger partial charge in [-0.15, -0.1) is 0 Å². The van der Waals surface area contributed by atoms with E-state index in [1.165, 1.54) is 12.1 Å². The number of hydrogen-bond acceptors (Lipinski definition) is 2. The molecule has 2 N–H and O–H groups in total. The summed E-state index contributed by atoms with van der Waals surface area (Å²) in [6, 6.07) is 4.72. The average molecular weight is 320 g/mol. The summed E-state index contributed by atoms with van der Waals surface area (Å²) in [5, 5.41) is 6.17. The standard InChI is InChI=1S/C14H19F3N2OS/c1-10(2)20-9-3-8-18-13(21)19-12-6-4-11(5-7-12)14(15,16)17/h4-7,10H,3,8-9H2,1-2H3,(H2,18,19,21). The lowest BCUT2D eigenvalue weighted by Gasteiger charge is -2.12. The quantitative estimate of drug-likeness (QED) is 0.617. The number of hydrogen-bond donors (Lipinski definition) is 2. The van der Waals surface area contributed by atoms with Crippen molar-refractivity contribution in [3.05, 3.63) is 29.8 Å². The number of rotatable bonds is 6. The largest absolute Gasteiger partial charge is 0.416 e. The van der Waals surface area contributed by atoms with Crippen molar-refractivity contribution in [2.45, 2.75) is 32.5 Å². The SMILES string of the molecule is CC(C)OCCCNC(=S)Nc1ccc(C(F)(F)F)cc1. The molecule has 0 aliphatic heterocycles. The van der Waals surface area contributed by atoms with Crippen LogP contribution in [0.15, 0.2) is 24.3 Å². The predicted octanol–water partition coefficient (Wildman–Crippen LogP) is 3.81. The lowest BCUT2D eigenvalue weighted by Crippen LogP contribution is -2.30. The molecule has 0 aliphatic carbocycles. The van der Waals surface area contributed by atoms with Gasteiger partial charge in [0.2, 0.25) is 0 Å². The van der Waals surface area contributed by atoms with Crippen molar-refractivity contribution < 1.29 is 17.9 Å². The molecule has 0 spiro atoms. The van der Waals surface area contributed by atoms with Crippen LogP contribution in [0.25, 0.3) is 0 Å². The second-order valence-electron chi connectivity index (χ2n) is 4.73. The minimum atomic E-state index is -4.33. The highest BCUT2D eigenvalue weighted by Gasteiger charge is 2.29. The molecule has 7 heteroatoms. The number of nitrogens with one attached hydrogen (secondary N) is 2. The van der Waals surface area contributed by atoms with Crippen LogP contribution in [0.3, 0.4) is 0 Å². The molecule has 0 aliphatic rings. The first-order chi connectivity index (χ1) is 9.79. The van der Waals surface area contributed by atoms with Crippen LogP contribution in [0.1, 0.15) is 25.8 Å². The molecule has 1 rings (SSSR count). The predicted molar refractivity (Wildman–Crippen MR) is 81.4 cm³/mol. The van der Waals surface area contributed by atoms with E-state index in [1.54, 1.807) is 0 Å². The number of ether oxygens (including phenoxy) is 1. The van der Waals surface area contributed by atoms with Gasteiger partial charge in [0.05, 0.1) is 11.7 Å². The summed E-state index contributed by atoms with van der Waals surface area (Å²) < 4.78 is 42.6. The first-order valence-corrected chi connectivity index (χ1v) is 7.03. The molecular weight excluding hydrogens is 301 g/mol.